The van der Waals surface area contributed by atoms with E-state index in [0.29, 0.717) is 0 Å². The van der Waals surface area contributed by atoms with Gasteiger partial charge in [0.2, 0.25) is 26.0 Å². The van der Waals surface area contributed by atoms with E-state index in [0.717, 1.165) is 10.6 Å². The molecule has 30 heavy (non-hydrogen) atoms. The predicted octanol–water partition coefficient (Wildman–Crippen LogP) is 0.431. The summed E-state index contributed by atoms with van der Waals surface area (Å²) in [5.74, 6) is -1.00. The zero-order chi connectivity index (χ0) is 21.9. The van der Waals surface area contributed by atoms with Crippen LogP contribution in [0.4, 0.5) is 11.4 Å². The minimum atomic E-state index is -3.92. The monoisotopic (exact) mass is 452 g/mol. The molecule has 1 aliphatic heterocycles. The van der Waals surface area contributed by atoms with Crippen LogP contribution in [0.1, 0.15) is 10.4 Å². The van der Waals surface area contributed by atoms with Crippen LogP contribution >= 0.6 is 0 Å². The number of rotatable bonds is 6. The summed E-state index contributed by atoms with van der Waals surface area (Å²) in [5.41, 5.74) is 0.376. The van der Waals surface area contributed by atoms with Crippen molar-refractivity contribution in [2.45, 2.75) is 4.90 Å². The van der Waals surface area contributed by atoms with E-state index < -0.39 is 26.0 Å². The Bertz CT molecular complexity index is 1190. The fraction of sp³-hybridized carbons (Fsp3) is 0.222. The third-order valence-corrected chi connectivity index (χ3v) is 6.63. The Kier molecular flexibility index (Phi) is 6.10. The van der Waals surface area contributed by atoms with Gasteiger partial charge in [0.15, 0.2) is 0 Å². The van der Waals surface area contributed by atoms with Gasteiger partial charge in [-0.1, -0.05) is 18.2 Å². The number of nitrogens with one attached hydrogen (secondary N) is 3. The number of para-hydroxylation sites is 1. The maximum Gasteiger partial charge on any atom is 0.257 e. The predicted molar refractivity (Wildman–Crippen MR) is 111 cm³/mol. The first-order valence-corrected chi connectivity index (χ1v) is 12.1. The fourth-order valence-electron chi connectivity index (χ4n) is 2.87. The van der Waals surface area contributed by atoms with Crippen LogP contribution in [0.15, 0.2) is 53.4 Å². The third kappa shape index (κ3) is 5.14. The Morgan fingerprint density at radius 3 is 2.50 bits per heavy atom. The third-order valence-electron chi connectivity index (χ3n) is 4.20. The summed E-state index contributed by atoms with van der Waals surface area (Å²) >= 11 is 0. The van der Waals surface area contributed by atoms with Crippen molar-refractivity contribution in [1.82, 2.24) is 9.62 Å². The van der Waals surface area contributed by atoms with E-state index in [9.17, 15) is 26.4 Å². The molecule has 0 aliphatic carbocycles. The molecule has 0 unspecified atom stereocenters. The van der Waals surface area contributed by atoms with Crippen LogP contribution in [0, 0.1) is 0 Å². The van der Waals surface area contributed by atoms with Gasteiger partial charge in [-0.25, -0.2) is 16.8 Å². The molecule has 160 valence electrons. The molecular formula is C18H20N4O6S2. The lowest BCUT2D eigenvalue weighted by Crippen LogP contribution is -2.49. The van der Waals surface area contributed by atoms with Gasteiger partial charge in [-0.2, -0.15) is 4.31 Å². The topological polar surface area (TPSA) is 142 Å². The van der Waals surface area contributed by atoms with Crippen LogP contribution in [-0.4, -0.2) is 58.8 Å². The Hall–Kier alpha value is -2.96. The van der Waals surface area contributed by atoms with E-state index in [1.807, 2.05) is 0 Å². The van der Waals surface area contributed by atoms with E-state index in [2.05, 4.69) is 15.4 Å². The molecule has 1 fully saturated rings. The highest BCUT2D eigenvalue weighted by molar-refractivity contribution is 7.92. The minimum absolute atomic E-state index is 0.0717. The van der Waals surface area contributed by atoms with Crippen LogP contribution in [-0.2, 0) is 24.8 Å². The van der Waals surface area contributed by atoms with Gasteiger partial charge < -0.3 is 10.6 Å². The summed E-state index contributed by atoms with van der Waals surface area (Å²) in [4.78, 5) is 24.1. The SMILES string of the molecule is CS(=O)(=O)Nc1ccccc1C(=O)Nc1cccc(S(=O)(=O)N2CCNC(=O)C2)c1. The van der Waals surface area contributed by atoms with Gasteiger partial charge in [0, 0.05) is 18.8 Å². The first-order chi connectivity index (χ1) is 14.1. The molecular weight excluding hydrogens is 432 g/mol. The summed E-state index contributed by atoms with van der Waals surface area (Å²) in [6.07, 6.45) is 0.969. The smallest absolute Gasteiger partial charge is 0.257 e. The molecule has 3 N–H and O–H groups in total. The molecule has 2 aromatic carbocycles. The largest absolute Gasteiger partial charge is 0.354 e. The standard InChI is InChI=1S/C18H20N4O6S2/c1-29(25,26)21-16-8-3-2-7-15(16)18(24)20-13-5-4-6-14(11-13)30(27,28)22-10-9-19-17(23)12-22/h2-8,11,21H,9-10,12H2,1H3,(H,19,23)(H,20,24). The van der Waals surface area contributed by atoms with Gasteiger partial charge >= 0.3 is 0 Å². The number of amides is 2. The van der Waals surface area contributed by atoms with Crippen molar-refractivity contribution in [3.05, 3.63) is 54.1 Å². The number of carbonyl (C=O) groups excluding carboxylic acids is 2. The summed E-state index contributed by atoms with van der Waals surface area (Å²) in [6, 6.07) is 11.7. The normalized spacial score (nSPS) is 15.3. The van der Waals surface area contributed by atoms with Crippen molar-refractivity contribution < 1.29 is 26.4 Å². The molecule has 0 spiro atoms. The molecule has 0 bridgehead atoms. The second-order valence-corrected chi connectivity index (χ2v) is 10.3. The van der Waals surface area contributed by atoms with Crippen molar-refractivity contribution in [1.29, 1.82) is 0 Å². The van der Waals surface area contributed by atoms with Gasteiger partial charge in [0.1, 0.15) is 0 Å². The molecule has 3 rings (SSSR count). The molecule has 0 saturated carbocycles. The van der Waals surface area contributed by atoms with E-state index in [1.54, 1.807) is 12.1 Å². The number of piperazine rings is 1. The lowest BCUT2D eigenvalue weighted by atomic mass is 10.1. The van der Waals surface area contributed by atoms with Gasteiger partial charge in [0.25, 0.3) is 5.91 Å². The van der Waals surface area contributed by atoms with E-state index in [4.69, 9.17) is 0 Å². The molecule has 12 heteroatoms. The number of sulfonamides is 2. The summed E-state index contributed by atoms with van der Waals surface area (Å²) < 4.78 is 52.0. The summed E-state index contributed by atoms with van der Waals surface area (Å²) in [5, 5.41) is 5.13. The van der Waals surface area contributed by atoms with E-state index >= 15 is 0 Å². The Morgan fingerprint density at radius 1 is 1.07 bits per heavy atom. The maximum atomic E-state index is 12.8. The van der Waals surface area contributed by atoms with Crippen LogP contribution in [0.5, 0.6) is 0 Å². The lowest BCUT2D eigenvalue weighted by Gasteiger charge is -2.26. The van der Waals surface area contributed by atoms with Crippen molar-refractivity contribution in [3.8, 4) is 0 Å². The Balaban J connectivity index is 1.84. The molecule has 0 atom stereocenters. The van der Waals surface area contributed by atoms with Crippen LogP contribution in [0.3, 0.4) is 0 Å². The van der Waals surface area contributed by atoms with Crippen LogP contribution in [0.25, 0.3) is 0 Å². The van der Waals surface area contributed by atoms with Gasteiger partial charge in [-0.3, -0.25) is 14.3 Å². The molecule has 0 aromatic heterocycles. The zero-order valence-corrected chi connectivity index (χ0v) is 17.6. The highest BCUT2D eigenvalue weighted by Crippen LogP contribution is 2.22. The second kappa shape index (κ2) is 8.42. The van der Waals surface area contributed by atoms with Crippen molar-refractivity contribution in [2.75, 3.05) is 35.9 Å². The number of benzene rings is 2. The number of hydrogen-bond acceptors (Lipinski definition) is 6. The number of nitrogens with zero attached hydrogens (tertiary/aromatic N) is 1. The van der Waals surface area contributed by atoms with Gasteiger partial charge in [-0.15, -0.1) is 0 Å². The first-order valence-electron chi connectivity index (χ1n) is 8.81. The van der Waals surface area contributed by atoms with E-state index in [-0.39, 0.29) is 47.4 Å². The van der Waals surface area contributed by atoms with E-state index in [1.165, 1.54) is 36.4 Å². The molecule has 1 aliphatic rings. The average Bonchev–Trinajstić information content (AvgIpc) is 2.67. The fourth-order valence-corrected chi connectivity index (χ4v) is 4.89. The minimum Gasteiger partial charge on any atom is -0.354 e. The highest BCUT2D eigenvalue weighted by atomic mass is 32.2. The Labute approximate surface area is 174 Å². The van der Waals surface area contributed by atoms with Gasteiger partial charge in [-0.05, 0) is 30.3 Å². The van der Waals surface area contributed by atoms with Crippen LogP contribution < -0.4 is 15.4 Å². The lowest BCUT2D eigenvalue weighted by molar-refractivity contribution is -0.122. The first kappa shape index (κ1) is 21.7. The molecule has 2 amide bonds. The van der Waals surface area contributed by atoms with Crippen LogP contribution in [0.2, 0.25) is 0 Å². The number of hydrogen-bond donors (Lipinski definition) is 3. The maximum absolute atomic E-state index is 12.8. The van der Waals surface area contributed by atoms with Crippen molar-refractivity contribution in [3.63, 3.8) is 0 Å². The number of carbonyl (C=O) groups is 2. The quantitative estimate of drug-likeness (QED) is 0.580. The summed E-state index contributed by atoms with van der Waals surface area (Å²) in [6.45, 7) is 0.0945. The zero-order valence-electron chi connectivity index (χ0n) is 16.0. The molecule has 10 nitrogen and oxygen atoms in total. The molecule has 1 saturated heterocycles. The highest BCUT2D eigenvalue weighted by Gasteiger charge is 2.29. The average molecular weight is 453 g/mol. The second-order valence-electron chi connectivity index (χ2n) is 6.59. The molecule has 0 radical (unpaired) electrons. The van der Waals surface area contributed by atoms with Crippen molar-refractivity contribution >= 4 is 43.2 Å². The van der Waals surface area contributed by atoms with Gasteiger partial charge in [0.05, 0.1) is 28.9 Å². The van der Waals surface area contributed by atoms with Crippen molar-refractivity contribution in [2.24, 2.45) is 0 Å². The molecule has 1 heterocycles. The molecule has 2 aromatic rings. The number of anilines is 2. The summed E-state index contributed by atoms with van der Waals surface area (Å²) in [7, 11) is -7.52. The Morgan fingerprint density at radius 2 is 1.80 bits per heavy atom.